The molecule has 138 valence electrons. The summed E-state index contributed by atoms with van der Waals surface area (Å²) in [4.78, 5) is 17.2. The van der Waals surface area contributed by atoms with Gasteiger partial charge in [0.2, 0.25) is 0 Å². The van der Waals surface area contributed by atoms with Crippen LogP contribution in [0.2, 0.25) is 0 Å². The first-order valence-electron chi connectivity index (χ1n) is 7.90. The van der Waals surface area contributed by atoms with Crippen LogP contribution in [0.1, 0.15) is 26.5 Å². The molecule has 7 heteroatoms. The fourth-order valence-electron chi connectivity index (χ4n) is 2.38. The van der Waals surface area contributed by atoms with E-state index in [2.05, 4.69) is 4.98 Å². The fourth-order valence-corrected chi connectivity index (χ4v) is 3.38. The molecule has 0 bridgehead atoms. The predicted molar refractivity (Wildman–Crippen MR) is 98.8 cm³/mol. The van der Waals surface area contributed by atoms with Crippen LogP contribution in [0.3, 0.4) is 0 Å². The molecule has 0 saturated heterocycles. The molecule has 3 aromatic rings. The van der Waals surface area contributed by atoms with E-state index in [4.69, 9.17) is 0 Å². The number of aryl methyl sites for hydroxylation is 1. The van der Waals surface area contributed by atoms with Crippen molar-refractivity contribution in [3.8, 4) is 16.3 Å². The lowest BCUT2D eigenvalue weighted by Gasteiger charge is -2.06. The lowest BCUT2D eigenvalue weighted by molar-refractivity contribution is -0.137. The van der Waals surface area contributed by atoms with E-state index < -0.39 is 11.7 Å². The summed E-state index contributed by atoms with van der Waals surface area (Å²) in [6, 6.07) is 11.1. The number of rotatable bonds is 4. The third kappa shape index (κ3) is 4.43. The van der Waals surface area contributed by atoms with Crippen LogP contribution in [0.5, 0.6) is 5.75 Å². The van der Waals surface area contributed by atoms with E-state index in [0.29, 0.717) is 21.1 Å². The maximum absolute atomic E-state index is 12.7. The second-order valence-electron chi connectivity index (χ2n) is 5.80. The molecule has 0 atom stereocenters. The number of allylic oxidation sites excluding steroid dienone is 1. The molecule has 0 aliphatic carbocycles. The van der Waals surface area contributed by atoms with Crippen molar-refractivity contribution in [2.45, 2.75) is 13.1 Å². The van der Waals surface area contributed by atoms with Gasteiger partial charge >= 0.3 is 6.18 Å². The van der Waals surface area contributed by atoms with Crippen molar-refractivity contribution in [3.63, 3.8) is 0 Å². The maximum Gasteiger partial charge on any atom is 0.416 e. The van der Waals surface area contributed by atoms with E-state index in [1.54, 1.807) is 25.1 Å². The monoisotopic (exact) mass is 389 g/mol. The van der Waals surface area contributed by atoms with E-state index >= 15 is 0 Å². The fraction of sp³-hybridized carbons (Fsp3) is 0.100. The van der Waals surface area contributed by atoms with Gasteiger partial charge in [-0.3, -0.25) is 4.79 Å². The normalized spacial score (nSPS) is 11.9. The van der Waals surface area contributed by atoms with Gasteiger partial charge in [-0.25, -0.2) is 4.98 Å². The molecule has 0 spiro atoms. The molecular formula is C20H14F3NO2S. The van der Waals surface area contributed by atoms with Crippen molar-refractivity contribution in [2.75, 3.05) is 0 Å². The lowest BCUT2D eigenvalue weighted by atomic mass is 10.1. The highest BCUT2D eigenvalue weighted by Crippen LogP contribution is 2.33. The van der Waals surface area contributed by atoms with Gasteiger partial charge in [0.15, 0.2) is 5.78 Å². The van der Waals surface area contributed by atoms with E-state index in [1.165, 1.54) is 30.3 Å². The smallest absolute Gasteiger partial charge is 0.416 e. The lowest BCUT2D eigenvalue weighted by Crippen LogP contribution is -2.03. The molecule has 0 aliphatic heterocycles. The van der Waals surface area contributed by atoms with Crippen LogP contribution in [-0.4, -0.2) is 15.9 Å². The number of halogens is 3. The number of alkyl halides is 3. The molecule has 1 N–H and O–H groups in total. The average molecular weight is 389 g/mol. The summed E-state index contributed by atoms with van der Waals surface area (Å²) < 4.78 is 38.0. The number of phenolic OH excluding ortho intramolecular Hbond substituents is 1. The van der Waals surface area contributed by atoms with Crippen molar-refractivity contribution in [2.24, 2.45) is 0 Å². The van der Waals surface area contributed by atoms with Gasteiger partial charge in [-0.05, 0) is 42.8 Å². The Bertz CT molecular complexity index is 988. The maximum atomic E-state index is 12.7. The van der Waals surface area contributed by atoms with Crippen LogP contribution in [0.4, 0.5) is 13.2 Å². The highest BCUT2D eigenvalue weighted by Gasteiger charge is 2.30. The number of carbonyl (C=O) groups excluding carboxylic acids is 1. The minimum absolute atomic E-state index is 0.137. The topological polar surface area (TPSA) is 50.2 Å². The number of aromatic nitrogens is 1. The van der Waals surface area contributed by atoms with Crippen molar-refractivity contribution in [1.82, 2.24) is 4.98 Å². The third-order valence-electron chi connectivity index (χ3n) is 3.80. The molecule has 2 aromatic carbocycles. The number of phenols is 1. The van der Waals surface area contributed by atoms with Crippen LogP contribution >= 0.6 is 11.3 Å². The zero-order valence-corrected chi connectivity index (χ0v) is 14.9. The average Bonchev–Trinajstić information content (AvgIpc) is 3.02. The zero-order valence-electron chi connectivity index (χ0n) is 14.1. The van der Waals surface area contributed by atoms with Gasteiger partial charge in [0.05, 0.1) is 16.1 Å². The Morgan fingerprint density at radius 1 is 1.07 bits per heavy atom. The molecule has 0 amide bonds. The first-order chi connectivity index (χ1) is 12.7. The number of benzene rings is 2. The van der Waals surface area contributed by atoms with Gasteiger partial charge in [0, 0.05) is 5.56 Å². The molecule has 0 saturated carbocycles. The summed E-state index contributed by atoms with van der Waals surface area (Å²) in [6.07, 6.45) is -1.36. The van der Waals surface area contributed by atoms with Gasteiger partial charge in [-0.15, -0.1) is 11.3 Å². The van der Waals surface area contributed by atoms with Crippen molar-refractivity contribution in [1.29, 1.82) is 0 Å². The van der Waals surface area contributed by atoms with E-state index in [-0.39, 0.29) is 11.5 Å². The van der Waals surface area contributed by atoms with Crippen LogP contribution < -0.4 is 0 Å². The highest BCUT2D eigenvalue weighted by atomic mass is 32.1. The second-order valence-corrected chi connectivity index (χ2v) is 6.80. The molecule has 0 unspecified atom stereocenters. The van der Waals surface area contributed by atoms with Crippen LogP contribution in [-0.2, 0) is 6.18 Å². The number of carbonyl (C=O) groups is 1. The molecule has 27 heavy (non-hydrogen) atoms. The van der Waals surface area contributed by atoms with Crippen molar-refractivity contribution >= 4 is 23.2 Å². The van der Waals surface area contributed by atoms with E-state index in [1.807, 2.05) is 0 Å². The SMILES string of the molecule is Cc1nc(-c2ccc(C(F)(F)F)cc2)sc1C(=O)C=Cc1ccc(O)cc1. The molecule has 3 rings (SSSR count). The predicted octanol–water partition coefficient (Wildman–Crippen LogP) is 5.74. The Hall–Kier alpha value is -2.93. The molecule has 3 nitrogen and oxygen atoms in total. The molecule has 0 fully saturated rings. The Balaban J connectivity index is 1.81. The van der Waals surface area contributed by atoms with Gasteiger partial charge in [0.25, 0.3) is 0 Å². The number of thiazole rings is 1. The third-order valence-corrected chi connectivity index (χ3v) is 5.02. The van der Waals surface area contributed by atoms with Gasteiger partial charge in [0.1, 0.15) is 10.8 Å². The Labute approximate surface area is 157 Å². The number of nitrogens with zero attached hydrogens (tertiary/aromatic N) is 1. The summed E-state index contributed by atoms with van der Waals surface area (Å²) >= 11 is 1.14. The number of ketones is 1. The summed E-state index contributed by atoms with van der Waals surface area (Å²) in [5.41, 5.74) is 1.08. The molecular weight excluding hydrogens is 375 g/mol. The summed E-state index contributed by atoms with van der Waals surface area (Å²) in [6.45, 7) is 1.69. The first kappa shape index (κ1) is 18.8. The number of hydrogen-bond acceptors (Lipinski definition) is 4. The Morgan fingerprint density at radius 2 is 1.70 bits per heavy atom. The largest absolute Gasteiger partial charge is 0.508 e. The molecule has 1 heterocycles. The summed E-state index contributed by atoms with van der Waals surface area (Å²) in [5, 5.41) is 9.75. The zero-order chi connectivity index (χ0) is 19.6. The quantitative estimate of drug-likeness (QED) is 0.457. The van der Waals surface area contributed by atoms with E-state index in [0.717, 1.165) is 29.0 Å². The van der Waals surface area contributed by atoms with Crippen LogP contribution in [0, 0.1) is 6.92 Å². The number of aromatic hydroxyl groups is 1. The first-order valence-corrected chi connectivity index (χ1v) is 8.72. The highest BCUT2D eigenvalue weighted by molar-refractivity contribution is 7.17. The molecule has 0 radical (unpaired) electrons. The summed E-state index contributed by atoms with van der Waals surface area (Å²) in [5.74, 6) is -0.103. The van der Waals surface area contributed by atoms with Crippen LogP contribution in [0.15, 0.2) is 54.6 Å². The van der Waals surface area contributed by atoms with Crippen molar-refractivity contribution < 1.29 is 23.1 Å². The van der Waals surface area contributed by atoms with Crippen molar-refractivity contribution in [3.05, 3.63) is 76.3 Å². The van der Waals surface area contributed by atoms with E-state index in [9.17, 15) is 23.1 Å². The minimum Gasteiger partial charge on any atom is -0.508 e. The minimum atomic E-state index is -4.39. The standard InChI is InChI=1S/C20H14F3NO2S/c1-12-18(17(26)11-4-13-2-9-16(25)10-3-13)27-19(24-12)14-5-7-15(8-6-14)20(21,22)23/h2-11,25H,1H3. The summed E-state index contributed by atoms with van der Waals surface area (Å²) in [7, 11) is 0. The van der Waals surface area contributed by atoms with Gasteiger partial charge in [-0.1, -0.05) is 30.3 Å². The van der Waals surface area contributed by atoms with Crippen LogP contribution in [0.25, 0.3) is 16.6 Å². The van der Waals surface area contributed by atoms with Gasteiger partial charge in [-0.2, -0.15) is 13.2 Å². The molecule has 1 aromatic heterocycles. The second kappa shape index (κ2) is 7.36. The van der Waals surface area contributed by atoms with Gasteiger partial charge < -0.3 is 5.11 Å². The Kier molecular flexibility index (Phi) is 5.14. The molecule has 0 aliphatic rings. The number of hydrogen-bond donors (Lipinski definition) is 1. The Morgan fingerprint density at radius 3 is 2.30 bits per heavy atom.